The first-order valence-electron chi connectivity index (χ1n) is 5.12. The highest BCUT2D eigenvalue weighted by molar-refractivity contribution is 6.35. The van der Waals surface area contributed by atoms with Crippen molar-refractivity contribution in [3.8, 4) is 6.07 Å². The van der Waals surface area contributed by atoms with Gasteiger partial charge in [0.1, 0.15) is 5.82 Å². The summed E-state index contributed by atoms with van der Waals surface area (Å²) in [6.45, 7) is 0. The van der Waals surface area contributed by atoms with Gasteiger partial charge in [-0.2, -0.15) is 5.26 Å². The van der Waals surface area contributed by atoms with Crippen molar-refractivity contribution >= 4 is 34.6 Å². The van der Waals surface area contributed by atoms with Gasteiger partial charge >= 0.3 is 0 Å². The molecule has 0 aromatic heterocycles. The summed E-state index contributed by atoms with van der Waals surface area (Å²) in [4.78, 5) is 0. The van der Waals surface area contributed by atoms with Crippen LogP contribution in [0.15, 0.2) is 30.3 Å². The second kappa shape index (κ2) is 5.43. The summed E-state index contributed by atoms with van der Waals surface area (Å²) in [5, 5.41) is 11.2. The zero-order valence-corrected chi connectivity index (χ0v) is 10.9. The van der Waals surface area contributed by atoms with Gasteiger partial charge in [-0.25, -0.2) is 8.78 Å². The van der Waals surface area contributed by atoms with E-state index < -0.39 is 11.6 Å². The smallest absolute Gasteiger partial charge is 0.160 e. The molecule has 0 unspecified atom stereocenters. The molecule has 1 N–H and O–H groups in total. The van der Waals surface area contributed by atoms with Crippen LogP contribution >= 0.6 is 23.2 Å². The molecule has 0 fully saturated rings. The van der Waals surface area contributed by atoms with Crippen LogP contribution in [0.4, 0.5) is 20.2 Å². The molecule has 2 rings (SSSR count). The SMILES string of the molecule is N#Cc1cc(F)cc(Nc2cc(Cl)c(F)c(Cl)c2)c1. The van der Waals surface area contributed by atoms with Gasteiger partial charge in [-0.05, 0) is 30.3 Å². The molecule has 2 nitrogen and oxygen atoms in total. The van der Waals surface area contributed by atoms with E-state index in [9.17, 15) is 8.78 Å². The Kier molecular flexibility index (Phi) is 3.89. The maximum Gasteiger partial charge on any atom is 0.160 e. The Morgan fingerprint density at radius 1 is 0.947 bits per heavy atom. The molecular weight excluding hydrogens is 293 g/mol. The zero-order valence-electron chi connectivity index (χ0n) is 9.35. The van der Waals surface area contributed by atoms with Crippen LogP contribution in [0.25, 0.3) is 0 Å². The molecule has 0 aliphatic heterocycles. The quantitative estimate of drug-likeness (QED) is 0.802. The number of nitriles is 1. The van der Waals surface area contributed by atoms with E-state index in [0.29, 0.717) is 11.4 Å². The predicted octanol–water partition coefficient (Wildman–Crippen LogP) is 4.89. The number of hydrogen-bond donors (Lipinski definition) is 1. The first-order chi connectivity index (χ1) is 8.99. The fraction of sp³-hybridized carbons (Fsp3) is 0. The third-order valence-corrected chi connectivity index (χ3v) is 2.85. The second-order valence-corrected chi connectivity index (χ2v) is 4.53. The Morgan fingerprint density at radius 3 is 2.11 bits per heavy atom. The minimum Gasteiger partial charge on any atom is -0.355 e. The lowest BCUT2D eigenvalue weighted by atomic mass is 10.2. The molecule has 0 heterocycles. The van der Waals surface area contributed by atoms with Gasteiger partial charge in [0.25, 0.3) is 0 Å². The highest BCUT2D eigenvalue weighted by Crippen LogP contribution is 2.29. The van der Waals surface area contributed by atoms with E-state index >= 15 is 0 Å². The van der Waals surface area contributed by atoms with Crippen LogP contribution in [-0.4, -0.2) is 0 Å². The molecule has 2 aromatic rings. The molecule has 0 saturated carbocycles. The third kappa shape index (κ3) is 3.14. The van der Waals surface area contributed by atoms with E-state index in [4.69, 9.17) is 28.5 Å². The maximum absolute atomic E-state index is 13.2. The summed E-state index contributed by atoms with van der Waals surface area (Å²) in [5.41, 5.74) is 0.906. The number of nitrogens with one attached hydrogen (secondary N) is 1. The van der Waals surface area contributed by atoms with E-state index in [2.05, 4.69) is 5.32 Å². The van der Waals surface area contributed by atoms with Gasteiger partial charge in [0.2, 0.25) is 0 Å². The predicted molar refractivity (Wildman–Crippen MR) is 70.8 cm³/mol. The van der Waals surface area contributed by atoms with Crippen LogP contribution in [0, 0.1) is 23.0 Å². The number of anilines is 2. The number of hydrogen-bond acceptors (Lipinski definition) is 2. The molecule has 0 spiro atoms. The number of benzene rings is 2. The maximum atomic E-state index is 13.2. The summed E-state index contributed by atoms with van der Waals surface area (Å²) in [7, 11) is 0. The minimum absolute atomic E-state index is 0.146. The van der Waals surface area contributed by atoms with Crippen LogP contribution in [0.2, 0.25) is 10.0 Å². The fourth-order valence-corrected chi connectivity index (χ4v) is 2.01. The molecule has 0 radical (unpaired) electrons. The molecule has 0 aliphatic rings. The summed E-state index contributed by atoms with van der Waals surface area (Å²) < 4.78 is 26.5. The standard InChI is InChI=1S/C13H6Cl2F2N2/c14-11-4-10(5-12(15)13(11)17)19-9-2-7(6-18)1-8(16)3-9/h1-5,19H. The van der Waals surface area contributed by atoms with Crippen LogP contribution in [-0.2, 0) is 0 Å². The Morgan fingerprint density at radius 2 is 1.53 bits per heavy atom. The lowest BCUT2D eigenvalue weighted by Gasteiger charge is -2.09. The summed E-state index contributed by atoms with van der Waals surface area (Å²) in [5.74, 6) is -1.27. The molecule has 0 bridgehead atoms. The van der Waals surface area contributed by atoms with Crippen molar-refractivity contribution in [2.75, 3.05) is 5.32 Å². The summed E-state index contributed by atoms with van der Waals surface area (Å²) in [6.07, 6.45) is 0. The molecule has 0 atom stereocenters. The van der Waals surface area contributed by atoms with Crippen molar-refractivity contribution in [3.05, 3.63) is 57.6 Å². The van der Waals surface area contributed by atoms with Crippen molar-refractivity contribution in [3.63, 3.8) is 0 Å². The molecule has 0 aliphatic carbocycles. The Hall–Kier alpha value is -1.83. The van der Waals surface area contributed by atoms with Gasteiger partial charge in [-0.1, -0.05) is 23.2 Å². The molecule has 0 saturated heterocycles. The van der Waals surface area contributed by atoms with Gasteiger partial charge in [0.15, 0.2) is 5.82 Å². The Bertz CT molecular complexity index is 658. The lowest BCUT2D eigenvalue weighted by molar-refractivity contribution is 0.627. The summed E-state index contributed by atoms with van der Waals surface area (Å²) in [6, 6.07) is 8.23. The van der Waals surface area contributed by atoms with E-state index in [1.165, 1.54) is 24.3 Å². The number of nitrogens with zero attached hydrogens (tertiary/aromatic N) is 1. The Balaban J connectivity index is 2.36. The topological polar surface area (TPSA) is 35.8 Å². The van der Waals surface area contributed by atoms with Gasteiger partial charge in [-0.15, -0.1) is 0 Å². The average molecular weight is 299 g/mol. The van der Waals surface area contributed by atoms with Crippen LogP contribution in [0.5, 0.6) is 0 Å². The van der Waals surface area contributed by atoms with Crippen molar-refractivity contribution in [2.24, 2.45) is 0 Å². The normalized spacial score (nSPS) is 10.1. The van der Waals surface area contributed by atoms with Gasteiger partial charge in [-0.3, -0.25) is 0 Å². The molecule has 96 valence electrons. The second-order valence-electron chi connectivity index (χ2n) is 3.72. The van der Waals surface area contributed by atoms with Crippen LogP contribution in [0.1, 0.15) is 5.56 Å². The monoisotopic (exact) mass is 298 g/mol. The lowest BCUT2D eigenvalue weighted by Crippen LogP contribution is -1.94. The Labute approximate surface area is 118 Å². The summed E-state index contributed by atoms with van der Waals surface area (Å²) >= 11 is 11.3. The number of rotatable bonds is 2. The average Bonchev–Trinajstić information content (AvgIpc) is 2.35. The number of halogens is 4. The largest absolute Gasteiger partial charge is 0.355 e. The highest BCUT2D eigenvalue weighted by atomic mass is 35.5. The minimum atomic E-state index is -0.717. The van der Waals surface area contributed by atoms with Crippen LogP contribution in [0.3, 0.4) is 0 Å². The highest BCUT2D eigenvalue weighted by Gasteiger charge is 2.08. The molecule has 2 aromatic carbocycles. The molecule has 0 amide bonds. The van der Waals surface area contributed by atoms with Gasteiger partial charge in [0.05, 0.1) is 21.7 Å². The zero-order chi connectivity index (χ0) is 14.0. The third-order valence-electron chi connectivity index (χ3n) is 2.30. The van der Waals surface area contributed by atoms with Crippen molar-refractivity contribution < 1.29 is 8.78 Å². The van der Waals surface area contributed by atoms with Crippen molar-refractivity contribution in [1.29, 1.82) is 5.26 Å². The molecule has 19 heavy (non-hydrogen) atoms. The van der Waals surface area contributed by atoms with Gasteiger partial charge in [0, 0.05) is 11.4 Å². The molecule has 6 heteroatoms. The van der Waals surface area contributed by atoms with Gasteiger partial charge < -0.3 is 5.32 Å². The van der Waals surface area contributed by atoms with E-state index in [1.807, 2.05) is 6.07 Å². The molecular formula is C13H6Cl2F2N2. The first kappa shape index (κ1) is 13.6. The van der Waals surface area contributed by atoms with Crippen LogP contribution < -0.4 is 5.32 Å². The van der Waals surface area contributed by atoms with E-state index in [-0.39, 0.29) is 15.6 Å². The van der Waals surface area contributed by atoms with E-state index in [1.54, 1.807) is 0 Å². The fourth-order valence-electron chi connectivity index (χ4n) is 1.52. The first-order valence-corrected chi connectivity index (χ1v) is 5.87. The van der Waals surface area contributed by atoms with E-state index in [0.717, 1.165) is 6.07 Å². The van der Waals surface area contributed by atoms with Crippen molar-refractivity contribution in [1.82, 2.24) is 0 Å². The van der Waals surface area contributed by atoms with Crippen molar-refractivity contribution in [2.45, 2.75) is 0 Å².